The van der Waals surface area contributed by atoms with E-state index in [0.29, 0.717) is 47.0 Å². The number of carbonyl (C=O) groups excluding carboxylic acids is 1. The van der Waals surface area contributed by atoms with Crippen molar-refractivity contribution in [3.05, 3.63) is 42.1 Å². The van der Waals surface area contributed by atoms with Gasteiger partial charge in [0, 0.05) is 62.3 Å². The third kappa shape index (κ3) is 6.01. The van der Waals surface area contributed by atoms with Gasteiger partial charge in [-0.1, -0.05) is 47.5 Å². The number of benzene rings is 1. The van der Waals surface area contributed by atoms with Crippen molar-refractivity contribution in [2.24, 2.45) is 0 Å². The first-order valence-corrected chi connectivity index (χ1v) is 17.6. The van der Waals surface area contributed by atoms with Crippen LogP contribution in [0.25, 0.3) is 11.0 Å². The first kappa shape index (κ1) is 30.0. The third-order valence-corrected chi connectivity index (χ3v) is 15.5. The smallest absolute Gasteiger partial charge is 0.229 e. The largest absolute Gasteiger partial charge is 0.369 e. The Morgan fingerprint density at radius 3 is 2.17 bits per heavy atom. The van der Waals surface area contributed by atoms with Gasteiger partial charge in [-0.2, -0.15) is 4.98 Å². The molecule has 2 aromatic heterocycles. The molecule has 0 aliphatic carbocycles. The average molecular weight is 584 g/mol. The number of nitrogens with one attached hydrogen (secondary N) is 1. The fourth-order valence-electron chi connectivity index (χ4n) is 6.75. The number of hydrogen-bond donors (Lipinski definition) is 1. The number of anilines is 4. The molecule has 5 rings (SSSR count). The summed E-state index contributed by atoms with van der Waals surface area (Å²) in [5, 5.41) is 4.17. The van der Waals surface area contributed by atoms with E-state index in [2.05, 4.69) is 104 Å². The van der Waals surface area contributed by atoms with Gasteiger partial charge in [-0.05, 0) is 60.4 Å². The van der Waals surface area contributed by atoms with Crippen molar-refractivity contribution in [2.75, 3.05) is 54.9 Å². The lowest BCUT2D eigenvalue weighted by atomic mass is 10.2. The maximum atomic E-state index is 12.7. The molecular formula is C33H45N7OSi. The fourth-order valence-corrected chi connectivity index (χ4v) is 12.0. The van der Waals surface area contributed by atoms with Crippen LogP contribution in [0.3, 0.4) is 0 Å². The summed E-state index contributed by atoms with van der Waals surface area (Å²) < 4.78 is 0. The molecule has 1 N–H and O–H groups in total. The number of pyridine rings is 1. The molecule has 2 aliphatic heterocycles. The van der Waals surface area contributed by atoms with Crippen LogP contribution in [0.5, 0.6) is 0 Å². The molecule has 1 aromatic carbocycles. The highest BCUT2D eigenvalue weighted by atomic mass is 28.3. The quantitative estimate of drug-likeness (QED) is 0.262. The summed E-state index contributed by atoms with van der Waals surface area (Å²) in [6, 6.07) is 10.4. The lowest BCUT2D eigenvalue weighted by Crippen LogP contribution is -2.44. The number of fused-ring (bicyclic) bond motifs is 1. The summed E-state index contributed by atoms with van der Waals surface area (Å²) in [6.07, 6.45) is 3.20. The predicted molar refractivity (Wildman–Crippen MR) is 176 cm³/mol. The molecule has 2 saturated heterocycles. The van der Waals surface area contributed by atoms with Gasteiger partial charge in [-0.3, -0.25) is 9.69 Å². The van der Waals surface area contributed by atoms with Gasteiger partial charge in [0.2, 0.25) is 11.9 Å². The van der Waals surface area contributed by atoms with Crippen molar-refractivity contribution >= 4 is 48.2 Å². The van der Waals surface area contributed by atoms with Gasteiger partial charge in [-0.15, -0.1) is 5.54 Å². The van der Waals surface area contributed by atoms with E-state index < -0.39 is 8.07 Å². The van der Waals surface area contributed by atoms with Crippen LogP contribution in [-0.4, -0.2) is 73.6 Å². The number of aromatic nitrogens is 3. The Hall–Kier alpha value is -3.48. The Labute approximate surface area is 251 Å². The first-order valence-electron chi connectivity index (χ1n) is 15.4. The Bertz CT molecular complexity index is 1460. The summed E-state index contributed by atoms with van der Waals surface area (Å²) in [5.74, 6) is 4.79. The fraction of sp³-hybridized carbons (Fsp3) is 0.515. The summed E-state index contributed by atoms with van der Waals surface area (Å²) in [4.78, 5) is 33.5. The highest BCUT2D eigenvalue weighted by Crippen LogP contribution is 2.41. The molecule has 42 heavy (non-hydrogen) atoms. The van der Waals surface area contributed by atoms with E-state index in [0.717, 1.165) is 49.2 Å². The average Bonchev–Trinajstić information content (AvgIpc) is 3.39. The van der Waals surface area contributed by atoms with Crippen LogP contribution in [0.15, 0.2) is 36.5 Å². The number of likely N-dealkylation sites (N-methyl/N-ethyl adjacent to an activating group) is 1. The van der Waals surface area contributed by atoms with E-state index in [4.69, 9.17) is 9.97 Å². The molecule has 3 aromatic rings. The zero-order valence-electron chi connectivity index (χ0n) is 26.2. The van der Waals surface area contributed by atoms with Crippen LogP contribution in [0.1, 0.15) is 59.9 Å². The normalized spacial score (nSPS) is 16.6. The van der Waals surface area contributed by atoms with Gasteiger partial charge < -0.3 is 15.1 Å². The number of carbonyl (C=O) groups is 1. The second-order valence-electron chi connectivity index (χ2n) is 12.7. The molecule has 222 valence electrons. The van der Waals surface area contributed by atoms with Gasteiger partial charge in [0.25, 0.3) is 0 Å². The van der Waals surface area contributed by atoms with Crippen LogP contribution in [0.2, 0.25) is 16.6 Å². The van der Waals surface area contributed by atoms with Gasteiger partial charge in [0.15, 0.2) is 5.65 Å². The monoisotopic (exact) mass is 583 g/mol. The number of hydrogen-bond acceptors (Lipinski definition) is 7. The molecule has 8 nitrogen and oxygen atoms in total. The molecule has 0 unspecified atom stereocenters. The molecule has 0 spiro atoms. The van der Waals surface area contributed by atoms with E-state index in [9.17, 15) is 4.79 Å². The van der Waals surface area contributed by atoms with Gasteiger partial charge in [0.1, 0.15) is 13.9 Å². The lowest BCUT2D eigenvalue weighted by Gasteiger charge is -2.38. The van der Waals surface area contributed by atoms with Crippen molar-refractivity contribution in [3.63, 3.8) is 0 Å². The minimum absolute atomic E-state index is 0.101. The molecule has 0 saturated carbocycles. The van der Waals surface area contributed by atoms with Crippen molar-refractivity contribution < 1.29 is 4.79 Å². The van der Waals surface area contributed by atoms with Crippen LogP contribution < -0.4 is 15.1 Å². The lowest BCUT2D eigenvalue weighted by molar-refractivity contribution is -0.117. The topological polar surface area (TPSA) is 77.5 Å². The second-order valence-corrected chi connectivity index (χ2v) is 18.3. The van der Waals surface area contributed by atoms with Gasteiger partial charge >= 0.3 is 0 Å². The second kappa shape index (κ2) is 12.4. The molecule has 0 radical (unpaired) electrons. The van der Waals surface area contributed by atoms with Crippen LogP contribution in [0.4, 0.5) is 23.1 Å². The van der Waals surface area contributed by atoms with Crippen LogP contribution >= 0.6 is 0 Å². The van der Waals surface area contributed by atoms with Gasteiger partial charge in [-0.25, -0.2) is 9.97 Å². The zero-order chi connectivity index (χ0) is 30.0. The van der Waals surface area contributed by atoms with Crippen molar-refractivity contribution in [1.29, 1.82) is 0 Å². The Morgan fingerprint density at radius 2 is 1.57 bits per heavy atom. The maximum absolute atomic E-state index is 12.7. The zero-order valence-corrected chi connectivity index (χ0v) is 27.2. The van der Waals surface area contributed by atoms with Crippen molar-refractivity contribution in [2.45, 2.75) is 71.0 Å². The van der Waals surface area contributed by atoms with E-state index in [-0.39, 0.29) is 5.91 Å². The summed E-state index contributed by atoms with van der Waals surface area (Å²) in [7, 11) is 0.205. The Kier molecular flexibility index (Phi) is 8.85. The first-order chi connectivity index (χ1) is 20.1. The standard InChI is InChI=1S/C33H45N7OSi/c1-23(2)42(24(3)4,25(5)6)20-14-26-21-30(40-15-8-9-31(40)41)36-32-29(26)22-34-33(37-32)35-27-10-12-28(13-11-27)39-18-16-38(7)17-19-39/h10-13,21-25H,8-9,15-19H2,1-7H3,(H,34,35,36,37). The number of rotatable bonds is 7. The summed E-state index contributed by atoms with van der Waals surface area (Å²) in [6.45, 7) is 18.8. The molecular weight excluding hydrogens is 538 g/mol. The van der Waals surface area contributed by atoms with E-state index in [1.807, 2.05) is 12.3 Å². The number of piperazine rings is 1. The highest BCUT2D eigenvalue weighted by Gasteiger charge is 2.41. The maximum Gasteiger partial charge on any atom is 0.229 e. The SMILES string of the molecule is CC(C)[Si](C#Cc1cc(N2CCCC2=O)nc2nc(Nc3ccc(N4CCN(C)CC4)cc3)ncc12)(C(C)C)C(C)C. The minimum Gasteiger partial charge on any atom is -0.369 e. The van der Waals surface area contributed by atoms with Crippen molar-refractivity contribution in [1.82, 2.24) is 19.9 Å². The molecule has 2 aliphatic rings. The molecule has 2 fully saturated rings. The van der Waals surface area contributed by atoms with Crippen LogP contribution in [-0.2, 0) is 4.79 Å². The third-order valence-electron chi connectivity index (χ3n) is 9.17. The molecule has 4 heterocycles. The Balaban J connectivity index is 1.49. The Morgan fingerprint density at radius 1 is 0.905 bits per heavy atom. The van der Waals surface area contributed by atoms with Crippen LogP contribution in [0, 0.1) is 11.5 Å². The number of nitrogens with zero attached hydrogens (tertiary/aromatic N) is 6. The molecule has 0 bridgehead atoms. The van der Waals surface area contributed by atoms with E-state index >= 15 is 0 Å². The molecule has 1 amide bonds. The van der Waals surface area contributed by atoms with E-state index in [1.165, 1.54) is 5.69 Å². The van der Waals surface area contributed by atoms with Gasteiger partial charge in [0.05, 0.1) is 5.39 Å². The highest BCUT2D eigenvalue weighted by molar-refractivity contribution is 6.90. The van der Waals surface area contributed by atoms with E-state index in [1.54, 1.807) is 4.90 Å². The van der Waals surface area contributed by atoms with Crippen molar-refractivity contribution in [3.8, 4) is 11.5 Å². The predicted octanol–water partition coefficient (Wildman–Crippen LogP) is 6.22. The minimum atomic E-state index is -1.96. The molecule has 0 atom stereocenters. The number of amides is 1. The summed E-state index contributed by atoms with van der Waals surface area (Å²) in [5.41, 5.74) is 8.93. The summed E-state index contributed by atoms with van der Waals surface area (Å²) >= 11 is 0. The molecule has 9 heteroatoms.